The molecule has 24 heavy (non-hydrogen) atoms. The molecule has 4 heteroatoms. The van der Waals surface area contributed by atoms with Crippen molar-refractivity contribution in [3.8, 4) is 11.4 Å². The molecule has 1 atom stereocenters. The Labute approximate surface area is 143 Å². The predicted molar refractivity (Wildman–Crippen MR) is 97.8 cm³/mol. The van der Waals surface area contributed by atoms with Gasteiger partial charge >= 0.3 is 0 Å². The quantitative estimate of drug-likeness (QED) is 0.714. The lowest BCUT2D eigenvalue weighted by Crippen LogP contribution is -2.16. The molecule has 0 aliphatic rings. The zero-order chi connectivity index (χ0) is 17.1. The van der Waals surface area contributed by atoms with Crippen molar-refractivity contribution in [1.82, 2.24) is 19.4 Å². The third-order valence-electron chi connectivity index (χ3n) is 4.62. The van der Waals surface area contributed by atoms with Gasteiger partial charge in [0.1, 0.15) is 5.82 Å². The molecule has 3 aromatic rings. The Morgan fingerprint density at radius 1 is 1.08 bits per heavy atom. The monoisotopic (exact) mass is 320 g/mol. The maximum absolute atomic E-state index is 4.56. The first-order chi connectivity index (χ1) is 11.6. The number of hydrogen-bond acceptors (Lipinski definition) is 3. The average Bonchev–Trinajstić information content (AvgIpc) is 3.04. The standard InChI is InChI=1S/C20H24N4/c1-15-13-21-10-9-19(15)14-24-12-11-22-20(24)18-7-5-17(6-8-18)16(2)23(3)4/h5-13,16H,14H2,1-4H3/t16-/m0/s1. The first-order valence-electron chi connectivity index (χ1n) is 8.23. The van der Waals surface area contributed by atoms with Crippen LogP contribution in [0.15, 0.2) is 55.1 Å². The van der Waals surface area contributed by atoms with E-state index in [0.717, 1.165) is 17.9 Å². The van der Waals surface area contributed by atoms with Crippen molar-refractivity contribution in [3.05, 3.63) is 71.8 Å². The van der Waals surface area contributed by atoms with Crippen molar-refractivity contribution in [1.29, 1.82) is 0 Å². The van der Waals surface area contributed by atoms with Gasteiger partial charge in [-0.25, -0.2) is 4.98 Å². The summed E-state index contributed by atoms with van der Waals surface area (Å²) in [5.41, 5.74) is 4.92. The van der Waals surface area contributed by atoms with E-state index in [0.29, 0.717) is 6.04 Å². The van der Waals surface area contributed by atoms with Crippen LogP contribution in [-0.4, -0.2) is 33.5 Å². The lowest BCUT2D eigenvalue weighted by atomic mass is 10.0. The fraction of sp³-hybridized carbons (Fsp3) is 0.300. The van der Waals surface area contributed by atoms with E-state index in [1.54, 1.807) is 0 Å². The second-order valence-electron chi connectivity index (χ2n) is 6.44. The van der Waals surface area contributed by atoms with E-state index < -0.39 is 0 Å². The highest BCUT2D eigenvalue weighted by Crippen LogP contribution is 2.23. The molecule has 0 aliphatic carbocycles. The predicted octanol–water partition coefficient (Wildman–Crippen LogP) is 3.92. The SMILES string of the molecule is Cc1cnccc1Cn1ccnc1-c1ccc([C@H](C)N(C)C)cc1. The third-order valence-corrected chi connectivity index (χ3v) is 4.62. The molecule has 124 valence electrons. The molecule has 0 saturated heterocycles. The number of aryl methyl sites for hydroxylation is 1. The fourth-order valence-corrected chi connectivity index (χ4v) is 2.77. The topological polar surface area (TPSA) is 34.0 Å². The summed E-state index contributed by atoms with van der Waals surface area (Å²) < 4.78 is 2.19. The summed E-state index contributed by atoms with van der Waals surface area (Å²) >= 11 is 0. The highest BCUT2D eigenvalue weighted by atomic mass is 15.1. The molecule has 0 saturated carbocycles. The van der Waals surface area contributed by atoms with E-state index in [4.69, 9.17) is 0 Å². The molecule has 0 N–H and O–H groups in total. The Morgan fingerprint density at radius 2 is 1.83 bits per heavy atom. The smallest absolute Gasteiger partial charge is 0.140 e. The first-order valence-corrected chi connectivity index (χ1v) is 8.23. The van der Waals surface area contributed by atoms with Crippen molar-refractivity contribution >= 4 is 0 Å². The van der Waals surface area contributed by atoms with Crippen LogP contribution in [0, 0.1) is 6.92 Å². The van der Waals surface area contributed by atoms with Gasteiger partial charge in [-0.2, -0.15) is 0 Å². The van der Waals surface area contributed by atoms with Crippen LogP contribution < -0.4 is 0 Å². The van der Waals surface area contributed by atoms with Crippen molar-refractivity contribution in [2.75, 3.05) is 14.1 Å². The van der Waals surface area contributed by atoms with Gasteiger partial charge in [-0.15, -0.1) is 0 Å². The second kappa shape index (κ2) is 6.97. The van der Waals surface area contributed by atoms with E-state index in [-0.39, 0.29) is 0 Å². The highest BCUT2D eigenvalue weighted by molar-refractivity contribution is 5.56. The maximum Gasteiger partial charge on any atom is 0.140 e. The van der Waals surface area contributed by atoms with Crippen LogP contribution >= 0.6 is 0 Å². The van der Waals surface area contributed by atoms with Gasteiger partial charge in [-0.05, 0) is 50.7 Å². The summed E-state index contributed by atoms with van der Waals surface area (Å²) in [4.78, 5) is 10.9. The fourth-order valence-electron chi connectivity index (χ4n) is 2.77. The van der Waals surface area contributed by atoms with E-state index in [2.05, 4.69) is 77.7 Å². The summed E-state index contributed by atoms with van der Waals surface area (Å²) in [7, 11) is 4.20. The van der Waals surface area contributed by atoms with Gasteiger partial charge in [0, 0.05) is 42.9 Å². The average molecular weight is 320 g/mol. The Bertz CT molecular complexity index is 803. The number of aromatic nitrogens is 3. The van der Waals surface area contributed by atoms with Gasteiger partial charge in [0.05, 0.1) is 0 Å². The second-order valence-corrected chi connectivity index (χ2v) is 6.44. The number of nitrogens with zero attached hydrogens (tertiary/aromatic N) is 4. The molecule has 1 aromatic carbocycles. The molecule has 0 amide bonds. The van der Waals surface area contributed by atoms with Crippen molar-refractivity contribution in [3.63, 3.8) is 0 Å². The molecule has 0 fully saturated rings. The molecule has 0 bridgehead atoms. The summed E-state index contributed by atoms with van der Waals surface area (Å²) in [6.45, 7) is 5.11. The van der Waals surface area contributed by atoms with Crippen LogP contribution in [0.4, 0.5) is 0 Å². The van der Waals surface area contributed by atoms with Crippen LogP contribution in [-0.2, 0) is 6.54 Å². The van der Waals surface area contributed by atoms with Crippen LogP contribution in [0.3, 0.4) is 0 Å². The Kier molecular flexibility index (Phi) is 4.76. The summed E-state index contributed by atoms with van der Waals surface area (Å²) in [6.07, 6.45) is 7.65. The van der Waals surface area contributed by atoms with Crippen LogP contribution in [0.25, 0.3) is 11.4 Å². The summed E-state index contributed by atoms with van der Waals surface area (Å²) in [5.74, 6) is 0.996. The molecule has 2 heterocycles. The lowest BCUT2D eigenvalue weighted by molar-refractivity contribution is 0.321. The summed E-state index contributed by atoms with van der Waals surface area (Å²) in [6, 6.07) is 11.2. The Hall–Kier alpha value is -2.46. The van der Waals surface area contributed by atoms with E-state index in [1.165, 1.54) is 16.7 Å². The van der Waals surface area contributed by atoms with E-state index >= 15 is 0 Å². The molecule has 4 nitrogen and oxygen atoms in total. The van der Waals surface area contributed by atoms with Gasteiger partial charge in [0.2, 0.25) is 0 Å². The zero-order valence-electron chi connectivity index (χ0n) is 14.8. The number of hydrogen-bond donors (Lipinski definition) is 0. The molecule has 2 aromatic heterocycles. The van der Waals surface area contributed by atoms with Gasteiger partial charge in [-0.3, -0.25) is 4.98 Å². The third kappa shape index (κ3) is 3.39. The van der Waals surface area contributed by atoms with E-state index in [1.807, 2.05) is 24.8 Å². The summed E-state index contributed by atoms with van der Waals surface area (Å²) in [5, 5.41) is 0. The minimum Gasteiger partial charge on any atom is -0.327 e. The van der Waals surface area contributed by atoms with Crippen LogP contribution in [0.1, 0.15) is 29.7 Å². The van der Waals surface area contributed by atoms with Crippen LogP contribution in [0.2, 0.25) is 0 Å². The van der Waals surface area contributed by atoms with Crippen molar-refractivity contribution in [2.45, 2.75) is 26.4 Å². The van der Waals surface area contributed by atoms with Crippen molar-refractivity contribution in [2.24, 2.45) is 0 Å². The largest absolute Gasteiger partial charge is 0.327 e. The molecular weight excluding hydrogens is 296 g/mol. The number of pyridine rings is 1. The first kappa shape index (κ1) is 16.4. The number of benzene rings is 1. The molecular formula is C20H24N4. The van der Waals surface area contributed by atoms with Gasteiger partial charge < -0.3 is 9.47 Å². The molecule has 0 aliphatic heterocycles. The Morgan fingerprint density at radius 3 is 2.50 bits per heavy atom. The Balaban J connectivity index is 1.86. The normalized spacial score (nSPS) is 12.5. The number of rotatable bonds is 5. The minimum absolute atomic E-state index is 0.401. The molecule has 0 unspecified atom stereocenters. The molecule has 0 spiro atoms. The molecule has 3 rings (SSSR count). The number of imidazole rings is 1. The zero-order valence-corrected chi connectivity index (χ0v) is 14.8. The van der Waals surface area contributed by atoms with Gasteiger partial charge in [0.15, 0.2) is 0 Å². The highest BCUT2D eigenvalue weighted by Gasteiger charge is 2.10. The van der Waals surface area contributed by atoms with Gasteiger partial charge in [-0.1, -0.05) is 24.3 Å². The van der Waals surface area contributed by atoms with Crippen molar-refractivity contribution < 1.29 is 0 Å². The lowest BCUT2D eigenvalue weighted by Gasteiger charge is -2.20. The maximum atomic E-state index is 4.56. The minimum atomic E-state index is 0.401. The van der Waals surface area contributed by atoms with E-state index in [9.17, 15) is 0 Å². The van der Waals surface area contributed by atoms with Crippen LogP contribution in [0.5, 0.6) is 0 Å². The molecule has 0 radical (unpaired) electrons. The van der Waals surface area contributed by atoms with Gasteiger partial charge in [0.25, 0.3) is 0 Å².